The molecule has 0 saturated carbocycles. The maximum atomic E-state index is 5.93. The van der Waals surface area contributed by atoms with E-state index in [2.05, 4.69) is 28.3 Å². The smallest absolute Gasteiger partial charge is 0.227 e. The molecule has 0 spiro atoms. The molecule has 0 amide bonds. The van der Waals surface area contributed by atoms with Crippen molar-refractivity contribution >= 4 is 27.5 Å². The summed E-state index contributed by atoms with van der Waals surface area (Å²) in [7, 11) is 1.81. The van der Waals surface area contributed by atoms with Crippen LogP contribution in [0.2, 0.25) is 0 Å². The van der Waals surface area contributed by atoms with Crippen LogP contribution < -0.4 is 10.1 Å². The number of fused-ring (bicyclic) bond motifs is 1. The molecule has 1 N–H and O–H groups in total. The number of nitrogens with one attached hydrogen (secondary N) is 1. The highest BCUT2D eigenvalue weighted by Crippen LogP contribution is 2.32. The van der Waals surface area contributed by atoms with Crippen LogP contribution in [-0.2, 0) is 4.74 Å². The summed E-state index contributed by atoms with van der Waals surface area (Å²) in [6.45, 7) is 3.47. The van der Waals surface area contributed by atoms with Crippen LogP contribution in [0.4, 0.5) is 5.95 Å². The van der Waals surface area contributed by atoms with E-state index in [1.807, 2.05) is 7.05 Å². The zero-order valence-corrected chi connectivity index (χ0v) is 11.2. The number of aromatic nitrogens is 2. The maximum Gasteiger partial charge on any atom is 0.227 e. The molecule has 2 aromatic heterocycles. The molecule has 96 valence electrons. The Balaban J connectivity index is 2.01. The molecule has 2 aromatic rings. The molecule has 18 heavy (non-hydrogen) atoms. The summed E-state index contributed by atoms with van der Waals surface area (Å²) in [5.41, 5.74) is 0. The van der Waals surface area contributed by atoms with E-state index >= 15 is 0 Å². The lowest BCUT2D eigenvalue weighted by Gasteiger charge is -2.12. The molecule has 1 unspecified atom stereocenters. The zero-order valence-electron chi connectivity index (χ0n) is 10.4. The summed E-state index contributed by atoms with van der Waals surface area (Å²) in [6, 6.07) is 2.07. The van der Waals surface area contributed by atoms with Crippen molar-refractivity contribution in [3.63, 3.8) is 0 Å². The third-order valence-electron chi connectivity index (χ3n) is 2.87. The van der Waals surface area contributed by atoms with Crippen LogP contribution >= 0.6 is 11.3 Å². The highest BCUT2D eigenvalue weighted by atomic mass is 32.1. The molecule has 1 saturated heterocycles. The van der Waals surface area contributed by atoms with Gasteiger partial charge in [-0.05, 0) is 13.0 Å². The third kappa shape index (κ3) is 2.13. The van der Waals surface area contributed by atoms with Crippen molar-refractivity contribution in [2.24, 2.45) is 0 Å². The molecule has 5 nitrogen and oxygen atoms in total. The highest BCUT2D eigenvalue weighted by molar-refractivity contribution is 7.18. The summed E-state index contributed by atoms with van der Waals surface area (Å²) in [6.07, 6.45) is 1.02. The predicted octanol–water partition coefficient (Wildman–Crippen LogP) is 2.21. The van der Waals surface area contributed by atoms with Crippen LogP contribution in [0.25, 0.3) is 10.2 Å². The van der Waals surface area contributed by atoms with Gasteiger partial charge in [0.25, 0.3) is 0 Å². The molecule has 1 aliphatic rings. The summed E-state index contributed by atoms with van der Waals surface area (Å²) in [5.74, 6) is 1.25. The summed E-state index contributed by atoms with van der Waals surface area (Å²) in [5, 5.41) is 3.96. The van der Waals surface area contributed by atoms with E-state index in [9.17, 15) is 0 Å². The summed E-state index contributed by atoms with van der Waals surface area (Å²) in [4.78, 5) is 11.0. The van der Waals surface area contributed by atoms with Gasteiger partial charge in [0.05, 0.1) is 18.6 Å². The largest absolute Gasteiger partial charge is 0.471 e. The average molecular weight is 265 g/mol. The Hall–Kier alpha value is -1.40. The van der Waals surface area contributed by atoms with Gasteiger partial charge in [-0.1, -0.05) is 0 Å². The Bertz CT molecular complexity index is 564. The fourth-order valence-electron chi connectivity index (χ4n) is 1.98. The minimum atomic E-state index is 0.105. The number of hydrogen-bond donors (Lipinski definition) is 1. The lowest BCUT2D eigenvalue weighted by atomic mass is 10.3. The normalized spacial score (nSPS) is 19.3. The predicted molar refractivity (Wildman–Crippen MR) is 71.6 cm³/mol. The summed E-state index contributed by atoms with van der Waals surface area (Å²) >= 11 is 1.65. The zero-order chi connectivity index (χ0) is 12.5. The minimum Gasteiger partial charge on any atom is -0.471 e. The van der Waals surface area contributed by atoms with E-state index in [0.29, 0.717) is 18.4 Å². The fraction of sp³-hybridized carbons (Fsp3) is 0.500. The highest BCUT2D eigenvalue weighted by Gasteiger charge is 2.20. The quantitative estimate of drug-likeness (QED) is 0.922. The summed E-state index contributed by atoms with van der Waals surface area (Å²) < 4.78 is 11.3. The molecule has 0 aromatic carbocycles. The van der Waals surface area contributed by atoms with Crippen molar-refractivity contribution in [1.29, 1.82) is 0 Å². The first-order chi connectivity index (χ1) is 8.76. The minimum absolute atomic E-state index is 0.105. The van der Waals surface area contributed by atoms with Gasteiger partial charge in [0.2, 0.25) is 11.8 Å². The van der Waals surface area contributed by atoms with E-state index in [4.69, 9.17) is 9.47 Å². The first kappa shape index (κ1) is 11.7. The lowest BCUT2D eigenvalue weighted by molar-refractivity contribution is 0.139. The van der Waals surface area contributed by atoms with Crippen LogP contribution in [0, 0.1) is 6.92 Å². The van der Waals surface area contributed by atoms with Gasteiger partial charge in [-0.25, -0.2) is 4.98 Å². The molecule has 0 bridgehead atoms. The topological polar surface area (TPSA) is 56.3 Å². The van der Waals surface area contributed by atoms with E-state index in [0.717, 1.165) is 23.2 Å². The molecule has 3 rings (SSSR count). The molecule has 1 atom stereocenters. The molecule has 3 heterocycles. The van der Waals surface area contributed by atoms with Gasteiger partial charge >= 0.3 is 0 Å². The number of aryl methyl sites for hydroxylation is 1. The molecule has 1 fully saturated rings. The number of anilines is 1. The Morgan fingerprint density at radius 1 is 1.50 bits per heavy atom. The fourth-order valence-corrected chi connectivity index (χ4v) is 2.85. The number of nitrogens with zero attached hydrogens (tertiary/aromatic N) is 2. The second-order valence-electron chi connectivity index (χ2n) is 4.28. The Morgan fingerprint density at radius 3 is 3.11 bits per heavy atom. The second kappa shape index (κ2) is 4.70. The first-order valence-corrected chi connectivity index (χ1v) is 6.78. The number of hydrogen-bond acceptors (Lipinski definition) is 6. The molecule has 6 heteroatoms. The maximum absolute atomic E-state index is 5.93. The van der Waals surface area contributed by atoms with Gasteiger partial charge in [-0.3, -0.25) is 0 Å². The average Bonchev–Trinajstić information content (AvgIpc) is 2.97. The van der Waals surface area contributed by atoms with E-state index in [-0.39, 0.29) is 6.10 Å². The number of ether oxygens (including phenoxy) is 2. The van der Waals surface area contributed by atoms with Crippen molar-refractivity contribution < 1.29 is 9.47 Å². The molecular formula is C12H15N3O2S. The van der Waals surface area contributed by atoms with Gasteiger partial charge in [0, 0.05) is 18.3 Å². The van der Waals surface area contributed by atoms with Crippen LogP contribution in [0.3, 0.4) is 0 Å². The molecule has 1 aliphatic heterocycles. The van der Waals surface area contributed by atoms with Crippen LogP contribution in [0.5, 0.6) is 5.88 Å². The second-order valence-corrected chi connectivity index (χ2v) is 5.52. The molecule has 0 aliphatic carbocycles. The van der Waals surface area contributed by atoms with Crippen molar-refractivity contribution in [1.82, 2.24) is 9.97 Å². The van der Waals surface area contributed by atoms with Gasteiger partial charge in [-0.2, -0.15) is 4.98 Å². The van der Waals surface area contributed by atoms with Crippen LogP contribution in [-0.4, -0.2) is 36.3 Å². The lowest BCUT2D eigenvalue weighted by Crippen LogP contribution is -2.17. The monoisotopic (exact) mass is 265 g/mol. The van der Waals surface area contributed by atoms with Crippen molar-refractivity contribution in [2.45, 2.75) is 19.4 Å². The van der Waals surface area contributed by atoms with Crippen molar-refractivity contribution in [3.8, 4) is 5.88 Å². The molecule has 0 radical (unpaired) electrons. The first-order valence-electron chi connectivity index (χ1n) is 5.96. The van der Waals surface area contributed by atoms with Gasteiger partial charge in [0.1, 0.15) is 10.9 Å². The van der Waals surface area contributed by atoms with E-state index < -0.39 is 0 Å². The Labute approximate surface area is 109 Å². The standard InChI is InChI=1S/C12H15N3O2S/c1-7-5-9-10(17-8-3-4-16-6-8)14-12(13-2)15-11(9)18-7/h5,8H,3-4,6H2,1-2H3,(H,13,14,15). The van der Waals surface area contributed by atoms with Gasteiger partial charge < -0.3 is 14.8 Å². The molecular weight excluding hydrogens is 250 g/mol. The SMILES string of the molecule is CNc1nc(OC2CCOC2)c2cc(C)sc2n1. The van der Waals surface area contributed by atoms with Crippen molar-refractivity contribution in [3.05, 3.63) is 10.9 Å². The van der Waals surface area contributed by atoms with Gasteiger partial charge in [0.15, 0.2) is 0 Å². The van der Waals surface area contributed by atoms with Crippen molar-refractivity contribution in [2.75, 3.05) is 25.6 Å². The number of rotatable bonds is 3. The van der Waals surface area contributed by atoms with E-state index in [1.54, 1.807) is 11.3 Å². The van der Waals surface area contributed by atoms with E-state index in [1.165, 1.54) is 4.88 Å². The number of thiophene rings is 1. The Kier molecular flexibility index (Phi) is 3.05. The van der Waals surface area contributed by atoms with Crippen LogP contribution in [0.1, 0.15) is 11.3 Å². The van der Waals surface area contributed by atoms with Crippen LogP contribution in [0.15, 0.2) is 6.07 Å². The Morgan fingerprint density at radius 2 is 2.39 bits per heavy atom. The third-order valence-corrected chi connectivity index (χ3v) is 3.82. The van der Waals surface area contributed by atoms with Gasteiger partial charge in [-0.15, -0.1) is 11.3 Å².